The SMILES string of the molecule is CC(C)COc1cccc(C(C)NS(=O)(=O)CCCCCN2CC(=O)NC2=O)c1. The Morgan fingerprint density at radius 1 is 1.17 bits per heavy atom. The molecular weight excluding hydrogens is 394 g/mol. The summed E-state index contributed by atoms with van der Waals surface area (Å²) in [5, 5.41) is 2.22. The van der Waals surface area contributed by atoms with Crippen molar-refractivity contribution in [2.24, 2.45) is 5.92 Å². The number of carbonyl (C=O) groups excluding carboxylic acids is 2. The number of amides is 3. The van der Waals surface area contributed by atoms with E-state index in [9.17, 15) is 18.0 Å². The van der Waals surface area contributed by atoms with Gasteiger partial charge in [-0.25, -0.2) is 17.9 Å². The van der Waals surface area contributed by atoms with Crippen LogP contribution >= 0.6 is 0 Å². The molecule has 1 saturated heterocycles. The molecule has 2 rings (SSSR count). The standard InChI is InChI=1S/C20H31N3O5S/c1-15(2)14-28-18-9-7-8-17(12-18)16(3)22-29(26,27)11-6-4-5-10-23-13-19(24)21-20(23)25/h7-9,12,15-16,22H,4-6,10-11,13-14H2,1-3H3,(H,21,24,25). The van der Waals surface area contributed by atoms with Gasteiger partial charge in [-0.1, -0.05) is 32.4 Å². The molecule has 9 heteroatoms. The molecule has 0 bridgehead atoms. The van der Waals surface area contributed by atoms with Crippen molar-refractivity contribution in [2.45, 2.75) is 46.1 Å². The van der Waals surface area contributed by atoms with E-state index in [2.05, 4.69) is 23.9 Å². The number of rotatable bonds is 12. The molecule has 1 unspecified atom stereocenters. The maximum atomic E-state index is 12.4. The predicted molar refractivity (Wildman–Crippen MR) is 111 cm³/mol. The van der Waals surface area contributed by atoms with Gasteiger partial charge in [0.1, 0.15) is 12.3 Å². The average molecular weight is 426 g/mol. The molecule has 0 aliphatic carbocycles. The largest absolute Gasteiger partial charge is 0.493 e. The zero-order valence-electron chi connectivity index (χ0n) is 17.3. The Morgan fingerprint density at radius 3 is 2.59 bits per heavy atom. The Hall–Kier alpha value is -2.13. The maximum Gasteiger partial charge on any atom is 0.324 e. The Kier molecular flexibility index (Phi) is 8.45. The fourth-order valence-electron chi connectivity index (χ4n) is 2.97. The molecule has 0 aromatic heterocycles. The van der Waals surface area contributed by atoms with Crippen LogP contribution in [0.5, 0.6) is 5.75 Å². The molecular formula is C20H31N3O5S. The third-order valence-corrected chi connectivity index (χ3v) is 6.05. The highest BCUT2D eigenvalue weighted by Crippen LogP contribution is 2.20. The van der Waals surface area contributed by atoms with E-state index in [1.54, 1.807) is 0 Å². The molecule has 1 fully saturated rings. The second-order valence-corrected chi connectivity index (χ2v) is 9.64. The number of nitrogens with zero attached hydrogens (tertiary/aromatic N) is 1. The fraction of sp³-hybridized carbons (Fsp3) is 0.600. The van der Waals surface area contributed by atoms with Crippen molar-refractivity contribution in [2.75, 3.05) is 25.4 Å². The number of imide groups is 1. The molecule has 1 aromatic carbocycles. The molecule has 0 spiro atoms. The average Bonchev–Trinajstić information content (AvgIpc) is 2.96. The topological polar surface area (TPSA) is 105 Å². The lowest BCUT2D eigenvalue weighted by molar-refractivity contribution is -0.118. The minimum atomic E-state index is -3.42. The molecule has 29 heavy (non-hydrogen) atoms. The van der Waals surface area contributed by atoms with Gasteiger partial charge in [0.15, 0.2) is 0 Å². The molecule has 2 N–H and O–H groups in total. The van der Waals surface area contributed by atoms with Gasteiger partial charge in [-0.15, -0.1) is 0 Å². The summed E-state index contributed by atoms with van der Waals surface area (Å²) in [7, 11) is -3.42. The zero-order valence-corrected chi connectivity index (χ0v) is 18.1. The van der Waals surface area contributed by atoms with Crippen LogP contribution in [0.2, 0.25) is 0 Å². The lowest BCUT2D eigenvalue weighted by Gasteiger charge is -2.16. The van der Waals surface area contributed by atoms with Crippen LogP contribution in [0.3, 0.4) is 0 Å². The highest BCUT2D eigenvalue weighted by atomic mass is 32.2. The Bertz CT molecular complexity index is 810. The maximum absolute atomic E-state index is 12.4. The first-order valence-corrected chi connectivity index (χ1v) is 11.6. The van der Waals surface area contributed by atoms with Gasteiger partial charge >= 0.3 is 6.03 Å². The second kappa shape index (κ2) is 10.6. The molecule has 162 valence electrons. The summed E-state index contributed by atoms with van der Waals surface area (Å²) in [5.41, 5.74) is 0.847. The summed E-state index contributed by atoms with van der Waals surface area (Å²) in [6, 6.07) is 6.71. The van der Waals surface area contributed by atoms with Crippen molar-refractivity contribution >= 4 is 22.0 Å². The Labute approximate surface area is 173 Å². The second-order valence-electron chi connectivity index (χ2n) is 7.77. The van der Waals surface area contributed by atoms with E-state index in [4.69, 9.17) is 4.74 Å². The number of ether oxygens (including phenoxy) is 1. The number of sulfonamides is 1. The quantitative estimate of drug-likeness (QED) is 0.395. The van der Waals surface area contributed by atoms with E-state index in [0.29, 0.717) is 38.3 Å². The summed E-state index contributed by atoms with van der Waals surface area (Å²) >= 11 is 0. The first kappa shape index (κ1) is 23.2. The summed E-state index contributed by atoms with van der Waals surface area (Å²) in [4.78, 5) is 24.0. The Morgan fingerprint density at radius 2 is 1.93 bits per heavy atom. The van der Waals surface area contributed by atoms with Crippen LogP contribution in [0.4, 0.5) is 4.79 Å². The number of benzene rings is 1. The normalized spacial score (nSPS) is 15.7. The number of nitrogens with one attached hydrogen (secondary N) is 2. The summed E-state index contributed by atoms with van der Waals surface area (Å²) < 4.78 is 33.1. The smallest absolute Gasteiger partial charge is 0.324 e. The van der Waals surface area contributed by atoms with E-state index in [-0.39, 0.29) is 30.3 Å². The summed E-state index contributed by atoms with van der Waals surface area (Å²) in [5.74, 6) is 0.863. The predicted octanol–water partition coefficient (Wildman–Crippen LogP) is 2.42. The van der Waals surface area contributed by atoms with Crippen LogP contribution in [0.25, 0.3) is 0 Å². The zero-order chi connectivity index (χ0) is 21.4. The summed E-state index contributed by atoms with van der Waals surface area (Å²) in [6.07, 6.45) is 1.80. The van der Waals surface area contributed by atoms with Crippen LogP contribution in [0, 0.1) is 5.92 Å². The highest BCUT2D eigenvalue weighted by molar-refractivity contribution is 7.89. The van der Waals surface area contributed by atoms with Gasteiger partial charge in [-0.05, 0) is 43.4 Å². The van der Waals surface area contributed by atoms with Gasteiger partial charge in [-0.2, -0.15) is 0 Å². The van der Waals surface area contributed by atoms with E-state index >= 15 is 0 Å². The van der Waals surface area contributed by atoms with E-state index in [0.717, 1.165) is 11.3 Å². The van der Waals surface area contributed by atoms with Gasteiger partial charge in [0, 0.05) is 12.6 Å². The van der Waals surface area contributed by atoms with Gasteiger partial charge in [0.2, 0.25) is 15.9 Å². The van der Waals surface area contributed by atoms with Crippen molar-refractivity contribution in [1.82, 2.24) is 14.9 Å². The first-order valence-electron chi connectivity index (χ1n) is 9.98. The summed E-state index contributed by atoms with van der Waals surface area (Å²) in [6.45, 7) is 7.08. The lowest BCUT2D eigenvalue weighted by atomic mass is 10.1. The van der Waals surface area contributed by atoms with Gasteiger partial charge in [-0.3, -0.25) is 10.1 Å². The van der Waals surface area contributed by atoms with Crippen LogP contribution in [-0.2, 0) is 14.8 Å². The highest BCUT2D eigenvalue weighted by Gasteiger charge is 2.25. The van der Waals surface area contributed by atoms with Crippen LogP contribution in [0.15, 0.2) is 24.3 Å². The number of carbonyl (C=O) groups is 2. The third kappa shape index (κ3) is 8.02. The first-order chi connectivity index (χ1) is 13.7. The van der Waals surface area contributed by atoms with Gasteiger partial charge in [0.25, 0.3) is 0 Å². The molecule has 3 amide bonds. The van der Waals surface area contributed by atoms with Crippen molar-refractivity contribution in [3.05, 3.63) is 29.8 Å². The number of hydrogen-bond acceptors (Lipinski definition) is 5. The fourth-order valence-corrected chi connectivity index (χ4v) is 4.34. The monoisotopic (exact) mass is 425 g/mol. The molecule has 8 nitrogen and oxygen atoms in total. The lowest BCUT2D eigenvalue weighted by Crippen LogP contribution is -2.30. The molecule has 1 aliphatic heterocycles. The van der Waals surface area contributed by atoms with Crippen LogP contribution in [0.1, 0.15) is 51.6 Å². The number of unbranched alkanes of at least 4 members (excludes halogenated alkanes) is 2. The van der Waals surface area contributed by atoms with Crippen molar-refractivity contribution in [3.63, 3.8) is 0 Å². The Balaban J connectivity index is 1.74. The van der Waals surface area contributed by atoms with Crippen molar-refractivity contribution in [1.29, 1.82) is 0 Å². The van der Waals surface area contributed by atoms with Crippen molar-refractivity contribution in [3.8, 4) is 5.75 Å². The molecule has 0 saturated carbocycles. The molecule has 1 heterocycles. The van der Waals surface area contributed by atoms with E-state index in [1.165, 1.54) is 4.90 Å². The van der Waals surface area contributed by atoms with E-state index < -0.39 is 10.0 Å². The van der Waals surface area contributed by atoms with E-state index in [1.807, 2.05) is 31.2 Å². The van der Waals surface area contributed by atoms with Gasteiger partial charge in [0.05, 0.1) is 12.4 Å². The third-order valence-electron chi connectivity index (χ3n) is 4.51. The molecule has 1 aliphatic rings. The molecule has 1 atom stereocenters. The minimum absolute atomic E-state index is 0.0198. The van der Waals surface area contributed by atoms with Crippen molar-refractivity contribution < 1.29 is 22.7 Å². The van der Waals surface area contributed by atoms with Crippen LogP contribution in [-0.4, -0.2) is 50.7 Å². The van der Waals surface area contributed by atoms with Gasteiger partial charge < -0.3 is 9.64 Å². The number of hydrogen-bond donors (Lipinski definition) is 2. The molecule has 1 aromatic rings. The van der Waals surface area contributed by atoms with Crippen LogP contribution < -0.4 is 14.8 Å². The minimum Gasteiger partial charge on any atom is -0.493 e. The number of urea groups is 1. The molecule has 0 radical (unpaired) electrons.